The molecule has 2 aromatic heterocycles. The van der Waals surface area contributed by atoms with Gasteiger partial charge in [-0.2, -0.15) is 0 Å². The quantitative estimate of drug-likeness (QED) is 0.797. The summed E-state index contributed by atoms with van der Waals surface area (Å²) in [6, 6.07) is 6.28. The van der Waals surface area contributed by atoms with Crippen LogP contribution >= 0.6 is 0 Å². The van der Waals surface area contributed by atoms with E-state index < -0.39 is 0 Å². The number of piperazine rings is 1. The highest BCUT2D eigenvalue weighted by molar-refractivity contribution is 5.83. The first-order chi connectivity index (χ1) is 9.74. The molecule has 1 saturated heterocycles. The molecule has 3 heterocycles. The Morgan fingerprint density at radius 3 is 2.95 bits per heavy atom. The molecule has 0 aromatic carbocycles. The summed E-state index contributed by atoms with van der Waals surface area (Å²) in [5, 5.41) is 0. The topological polar surface area (TPSA) is 40.9 Å². The van der Waals surface area contributed by atoms with Crippen LogP contribution in [0.2, 0.25) is 0 Å². The molecular formula is C15H20N4O. The molecule has 5 heteroatoms. The van der Waals surface area contributed by atoms with Crippen LogP contribution in [0, 0.1) is 0 Å². The number of nitrogens with zero attached hydrogens (tertiary/aromatic N) is 4. The largest absolute Gasteiger partial charge is 0.352 e. The lowest BCUT2D eigenvalue weighted by atomic mass is 10.2. The fourth-order valence-corrected chi connectivity index (χ4v) is 3.00. The molecule has 1 fully saturated rings. The maximum atomic E-state index is 11.4. The lowest BCUT2D eigenvalue weighted by molar-refractivity contribution is 0.111. The first-order valence-electron chi connectivity index (χ1n) is 7.16. The van der Waals surface area contributed by atoms with E-state index in [0.717, 1.165) is 43.9 Å². The van der Waals surface area contributed by atoms with Crippen LogP contribution in [0.25, 0.3) is 5.65 Å². The predicted octanol–water partition coefficient (Wildman–Crippen LogP) is 1.68. The minimum atomic E-state index is 0.484. The number of hydrogen-bond acceptors (Lipinski definition) is 4. The average Bonchev–Trinajstić information content (AvgIpc) is 2.85. The molecule has 5 nitrogen and oxygen atoms in total. The number of anilines is 1. The van der Waals surface area contributed by atoms with Gasteiger partial charge < -0.3 is 4.90 Å². The molecule has 106 valence electrons. The van der Waals surface area contributed by atoms with Crippen LogP contribution in [-0.4, -0.2) is 52.8 Å². The molecule has 0 radical (unpaired) electrons. The summed E-state index contributed by atoms with van der Waals surface area (Å²) >= 11 is 0. The molecule has 0 N–H and O–H groups in total. The molecule has 0 saturated carbocycles. The molecule has 0 amide bonds. The standard InChI is InChI=1S/C15H20N4O/c1-3-17-8-9-18(10-12(17)2)15-13(11-20)19-7-5-4-6-14(19)16-15/h4-7,11-12H,3,8-10H2,1-2H3. The Bertz CT molecular complexity index is 621. The maximum Gasteiger partial charge on any atom is 0.170 e. The van der Waals surface area contributed by atoms with Gasteiger partial charge in [-0.15, -0.1) is 0 Å². The summed E-state index contributed by atoms with van der Waals surface area (Å²) in [5.41, 5.74) is 1.48. The van der Waals surface area contributed by atoms with Crippen molar-refractivity contribution < 1.29 is 4.79 Å². The van der Waals surface area contributed by atoms with E-state index in [9.17, 15) is 4.79 Å². The third kappa shape index (κ3) is 2.08. The van der Waals surface area contributed by atoms with Crippen molar-refractivity contribution in [1.29, 1.82) is 0 Å². The Labute approximate surface area is 118 Å². The summed E-state index contributed by atoms with van der Waals surface area (Å²) in [6.07, 6.45) is 2.80. The summed E-state index contributed by atoms with van der Waals surface area (Å²) in [5.74, 6) is 0.814. The van der Waals surface area contributed by atoms with Crippen LogP contribution in [0.5, 0.6) is 0 Å². The molecule has 20 heavy (non-hydrogen) atoms. The van der Waals surface area contributed by atoms with Gasteiger partial charge in [0.25, 0.3) is 0 Å². The van der Waals surface area contributed by atoms with Crippen LogP contribution in [0.15, 0.2) is 24.4 Å². The van der Waals surface area contributed by atoms with Crippen molar-refractivity contribution in [3.63, 3.8) is 0 Å². The van der Waals surface area contributed by atoms with Gasteiger partial charge in [-0.1, -0.05) is 13.0 Å². The van der Waals surface area contributed by atoms with E-state index >= 15 is 0 Å². The summed E-state index contributed by atoms with van der Waals surface area (Å²) in [7, 11) is 0. The minimum Gasteiger partial charge on any atom is -0.352 e. The number of fused-ring (bicyclic) bond motifs is 1. The van der Waals surface area contributed by atoms with Gasteiger partial charge in [-0.25, -0.2) is 4.98 Å². The van der Waals surface area contributed by atoms with Gasteiger partial charge in [0.15, 0.2) is 12.1 Å². The number of aromatic nitrogens is 2. The maximum absolute atomic E-state index is 11.4. The van der Waals surface area contributed by atoms with E-state index in [1.807, 2.05) is 28.8 Å². The highest BCUT2D eigenvalue weighted by atomic mass is 16.1. The SMILES string of the molecule is CCN1CCN(c2nc3ccccn3c2C=O)CC1C. The van der Waals surface area contributed by atoms with Crippen molar-refractivity contribution in [1.82, 2.24) is 14.3 Å². The monoisotopic (exact) mass is 272 g/mol. The van der Waals surface area contributed by atoms with Gasteiger partial charge in [0.1, 0.15) is 11.3 Å². The number of imidazole rings is 1. The zero-order chi connectivity index (χ0) is 14.1. The zero-order valence-corrected chi connectivity index (χ0v) is 12.0. The van der Waals surface area contributed by atoms with Gasteiger partial charge in [-0.05, 0) is 25.6 Å². The van der Waals surface area contributed by atoms with Crippen molar-refractivity contribution in [2.75, 3.05) is 31.1 Å². The molecular weight excluding hydrogens is 252 g/mol. The molecule has 0 bridgehead atoms. The Balaban J connectivity index is 1.96. The summed E-state index contributed by atoms with van der Waals surface area (Å²) in [4.78, 5) is 20.8. The Kier molecular flexibility index (Phi) is 3.44. The molecule has 2 aromatic rings. The van der Waals surface area contributed by atoms with Crippen molar-refractivity contribution in [3.8, 4) is 0 Å². The molecule has 1 aliphatic heterocycles. The van der Waals surface area contributed by atoms with Gasteiger partial charge in [0.05, 0.1) is 0 Å². The first kappa shape index (κ1) is 13.1. The van der Waals surface area contributed by atoms with E-state index in [1.54, 1.807) is 0 Å². The Morgan fingerprint density at radius 2 is 2.25 bits per heavy atom. The third-order valence-corrected chi connectivity index (χ3v) is 4.13. The highest BCUT2D eigenvalue weighted by Gasteiger charge is 2.26. The van der Waals surface area contributed by atoms with Crippen LogP contribution in [-0.2, 0) is 0 Å². The molecule has 1 atom stereocenters. The van der Waals surface area contributed by atoms with Gasteiger partial charge in [0.2, 0.25) is 0 Å². The van der Waals surface area contributed by atoms with Crippen LogP contribution in [0.4, 0.5) is 5.82 Å². The van der Waals surface area contributed by atoms with E-state index in [1.165, 1.54) is 0 Å². The fraction of sp³-hybridized carbons (Fsp3) is 0.467. The van der Waals surface area contributed by atoms with Crippen LogP contribution in [0.1, 0.15) is 24.3 Å². The summed E-state index contributed by atoms with van der Waals surface area (Å²) in [6.45, 7) is 8.34. The number of rotatable bonds is 3. The number of pyridine rings is 1. The van der Waals surface area contributed by atoms with E-state index in [0.29, 0.717) is 11.7 Å². The van der Waals surface area contributed by atoms with Gasteiger partial charge in [0, 0.05) is 31.9 Å². The first-order valence-corrected chi connectivity index (χ1v) is 7.16. The summed E-state index contributed by atoms with van der Waals surface area (Å²) < 4.78 is 1.86. The second kappa shape index (κ2) is 5.25. The smallest absolute Gasteiger partial charge is 0.170 e. The van der Waals surface area contributed by atoms with Crippen LogP contribution < -0.4 is 4.90 Å². The van der Waals surface area contributed by atoms with E-state index in [4.69, 9.17) is 0 Å². The Morgan fingerprint density at radius 1 is 1.40 bits per heavy atom. The van der Waals surface area contributed by atoms with Crippen molar-refractivity contribution >= 4 is 17.8 Å². The normalized spacial score (nSPS) is 20.5. The van der Waals surface area contributed by atoms with Crippen molar-refractivity contribution in [2.24, 2.45) is 0 Å². The van der Waals surface area contributed by atoms with Gasteiger partial charge >= 0.3 is 0 Å². The number of aldehydes is 1. The molecule has 0 aliphatic carbocycles. The zero-order valence-electron chi connectivity index (χ0n) is 12.0. The van der Waals surface area contributed by atoms with E-state index in [2.05, 4.69) is 28.6 Å². The third-order valence-electron chi connectivity index (χ3n) is 4.13. The van der Waals surface area contributed by atoms with Crippen molar-refractivity contribution in [3.05, 3.63) is 30.1 Å². The van der Waals surface area contributed by atoms with Crippen LogP contribution in [0.3, 0.4) is 0 Å². The van der Waals surface area contributed by atoms with Crippen molar-refractivity contribution in [2.45, 2.75) is 19.9 Å². The second-order valence-corrected chi connectivity index (χ2v) is 5.29. The molecule has 0 spiro atoms. The molecule has 1 unspecified atom stereocenters. The molecule has 3 rings (SSSR count). The van der Waals surface area contributed by atoms with Gasteiger partial charge in [-0.3, -0.25) is 14.1 Å². The lowest BCUT2D eigenvalue weighted by Gasteiger charge is -2.39. The lowest BCUT2D eigenvalue weighted by Crippen LogP contribution is -2.52. The number of hydrogen-bond donors (Lipinski definition) is 0. The minimum absolute atomic E-state index is 0.484. The molecule has 1 aliphatic rings. The number of carbonyl (C=O) groups excluding carboxylic acids is 1. The Hall–Kier alpha value is -1.88. The number of likely N-dealkylation sites (N-methyl/N-ethyl adjacent to an activating group) is 1. The fourth-order valence-electron chi connectivity index (χ4n) is 3.00. The average molecular weight is 272 g/mol. The van der Waals surface area contributed by atoms with E-state index in [-0.39, 0.29) is 0 Å². The second-order valence-electron chi connectivity index (χ2n) is 5.29. The predicted molar refractivity (Wildman–Crippen MR) is 79.5 cm³/mol. The highest BCUT2D eigenvalue weighted by Crippen LogP contribution is 2.23. The number of carbonyl (C=O) groups is 1.